The molecule has 0 aliphatic carbocycles. The molecule has 0 aromatic carbocycles. The number of ether oxygens (including phenoxy) is 4. The number of hydrogen-bond donors (Lipinski definition) is 3. The highest BCUT2D eigenvalue weighted by Crippen LogP contribution is 2.45. The molecule has 17 nitrogen and oxygen atoms in total. The van der Waals surface area contributed by atoms with Gasteiger partial charge in [0.15, 0.2) is 12.2 Å². The first-order chi connectivity index (χ1) is 46.0. The van der Waals surface area contributed by atoms with E-state index in [1.165, 1.54) is 225 Å². The Bertz CT molecular complexity index is 1820. The summed E-state index contributed by atoms with van der Waals surface area (Å²) in [6.45, 7) is 7.31. The second-order valence-corrected chi connectivity index (χ2v) is 30.8. The molecule has 0 heterocycles. The summed E-state index contributed by atoms with van der Waals surface area (Å²) in [6, 6.07) is 0. The topological polar surface area (TPSA) is 237 Å². The summed E-state index contributed by atoms with van der Waals surface area (Å²) in [6.07, 6.45) is 58.1. The fraction of sp³-hybridized carbons (Fsp3) is 0.947. The van der Waals surface area contributed by atoms with Gasteiger partial charge in [-0.05, 0) is 31.6 Å². The Kier molecular flexibility index (Phi) is 67.7. The minimum absolute atomic E-state index is 0.107. The van der Waals surface area contributed by atoms with Crippen molar-refractivity contribution in [1.29, 1.82) is 0 Å². The van der Waals surface area contributed by atoms with Crippen molar-refractivity contribution in [1.82, 2.24) is 0 Å². The molecule has 19 heteroatoms. The minimum atomic E-state index is -4.96. The summed E-state index contributed by atoms with van der Waals surface area (Å²) in [4.78, 5) is 72.8. The lowest BCUT2D eigenvalue weighted by atomic mass is 10.0. The number of aliphatic hydroxyl groups is 1. The molecular weight excluding hydrogens is 1250 g/mol. The van der Waals surface area contributed by atoms with Gasteiger partial charge in [0.2, 0.25) is 0 Å². The highest BCUT2D eigenvalue weighted by molar-refractivity contribution is 7.47. The standard InChI is InChI=1S/C76H148O17P2/c1-6-9-12-15-18-21-24-25-26-29-32-36-40-45-50-55-60-74(79)87-66-72(93-76(81)62-57-52-47-42-37-33-30-27-28-31-35-38-43-48-53-58-69(4)5)68-91-95(84,85)89-64-70(77)63-88-94(82,83)90-67-71(65-86-73(78)59-54-49-44-39-23-20-17-14-11-8-3)92-75(80)61-56-51-46-41-34-22-19-16-13-10-7-2/h69-72,77H,6-68H2,1-5H3,(H,82,83)(H,84,85)/t70-,71+,72+/m0/s1. The van der Waals surface area contributed by atoms with Crippen LogP contribution >= 0.6 is 15.6 Å². The van der Waals surface area contributed by atoms with E-state index in [0.29, 0.717) is 25.7 Å². The van der Waals surface area contributed by atoms with Crippen molar-refractivity contribution in [2.75, 3.05) is 39.6 Å². The minimum Gasteiger partial charge on any atom is -0.462 e. The molecule has 0 saturated carbocycles. The molecule has 0 radical (unpaired) electrons. The van der Waals surface area contributed by atoms with Crippen LogP contribution in [-0.2, 0) is 65.4 Å². The van der Waals surface area contributed by atoms with Crippen molar-refractivity contribution >= 4 is 39.5 Å². The van der Waals surface area contributed by atoms with Gasteiger partial charge in [-0.2, -0.15) is 0 Å². The van der Waals surface area contributed by atoms with Gasteiger partial charge < -0.3 is 33.8 Å². The molecule has 0 aliphatic rings. The average Bonchev–Trinajstić information content (AvgIpc) is 2.64. The van der Waals surface area contributed by atoms with Gasteiger partial charge in [0, 0.05) is 25.7 Å². The Morgan fingerprint density at radius 1 is 0.284 bits per heavy atom. The zero-order valence-electron chi connectivity index (χ0n) is 61.8. The van der Waals surface area contributed by atoms with Crippen LogP contribution in [0.3, 0.4) is 0 Å². The van der Waals surface area contributed by atoms with E-state index in [1.807, 2.05) is 0 Å². The molecule has 0 saturated heterocycles. The summed E-state index contributed by atoms with van der Waals surface area (Å²) in [5.74, 6) is -1.31. The van der Waals surface area contributed by atoms with E-state index >= 15 is 0 Å². The predicted molar refractivity (Wildman–Crippen MR) is 386 cm³/mol. The van der Waals surface area contributed by atoms with Crippen molar-refractivity contribution in [2.45, 2.75) is 419 Å². The van der Waals surface area contributed by atoms with Crippen molar-refractivity contribution in [3.8, 4) is 0 Å². The molecule has 95 heavy (non-hydrogen) atoms. The summed E-state index contributed by atoms with van der Waals surface area (Å²) in [5.41, 5.74) is 0. The van der Waals surface area contributed by atoms with E-state index in [9.17, 15) is 43.2 Å². The van der Waals surface area contributed by atoms with Crippen LogP contribution in [-0.4, -0.2) is 96.7 Å². The van der Waals surface area contributed by atoms with Crippen LogP contribution in [0.15, 0.2) is 0 Å². The summed E-state index contributed by atoms with van der Waals surface area (Å²) in [5, 5.41) is 10.6. The third-order valence-electron chi connectivity index (χ3n) is 17.8. The van der Waals surface area contributed by atoms with E-state index < -0.39 is 97.5 Å². The van der Waals surface area contributed by atoms with Crippen molar-refractivity contribution in [2.24, 2.45) is 5.92 Å². The molecule has 0 spiro atoms. The molecule has 2 unspecified atom stereocenters. The van der Waals surface area contributed by atoms with Gasteiger partial charge in [0.1, 0.15) is 19.3 Å². The molecule has 0 rings (SSSR count). The molecule has 0 aromatic rings. The first-order valence-corrected chi connectivity index (χ1v) is 42.6. The van der Waals surface area contributed by atoms with E-state index in [2.05, 4.69) is 34.6 Å². The van der Waals surface area contributed by atoms with Gasteiger partial charge in [-0.3, -0.25) is 37.3 Å². The first-order valence-electron chi connectivity index (χ1n) is 39.6. The summed E-state index contributed by atoms with van der Waals surface area (Å²) >= 11 is 0. The lowest BCUT2D eigenvalue weighted by Crippen LogP contribution is -2.30. The fourth-order valence-corrected chi connectivity index (χ4v) is 13.3. The fourth-order valence-electron chi connectivity index (χ4n) is 11.7. The van der Waals surface area contributed by atoms with Crippen molar-refractivity contribution < 1.29 is 80.2 Å². The summed E-state index contributed by atoms with van der Waals surface area (Å²) in [7, 11) is -9.91. The van der Waals surface area contributed by atoms with E-state index in [0.717, 1.165) is 95.8 Å². The summed E-state index contributed by atoms with van der Waals surface area (Å²) < 4.78 is 68.5. The highest BCUT2D eigenvalue weighted by Gasteiger charge is 2.30. The van der Waals surface area contributed by atoms with Crippen LogP contribution in [0.4, 0.5) is 0 Å². The van der Waals surface area contributed by atoms with Crippen LogP contribution in [0.1, 0.15) is 401 Å². The van der Waals surface area contributed by atoms with Gasteiger partial charge in [-0.25, -0.2) is 9.13 Å². The number of carbonyl (C=O) groups excluding carboxylic acids is 4. The van der Waals surface area contributed by atoms with Crippen LogP contribution < -0.4 is 0 Å². The monoisotopic (exact) mass is 1400 g/mol. The molecule has 3 N–H and O–H groups in total. The van der Waals surface area contributed by atoms with Gasteiger partial charge in [-0.1, -0.05) is 349 Å². The van der Waals surface area contributed by atoms with Gasteiger partial charge >= 0.3 is 39.5 Å². The van der Waals surface area contributed by atoms with E-state index in [1.54, 1.807) is 0 Å². The molecule has 564 valence electrons. The Balaban J connectivity index is 5.22. The van der Waals surface area contributed by atoms with Crippen LogP contribution in [0.5, 0.6) is 0 Å². The molecular formula is C76H148O17P2. The SMILES string of the molecule is CCCCCCCCCCCCCCCCCCC(=O)OC[C@H](COP(=O)(O)OC[C@@H](O)COP(=O)(O)OC[C@@H](COC(=O)CCCCCCCCCCCC)OC(=O)CCCCCCCCCCCCC)OC(=O)CCCCCCCCCCCCCCCCCC(C)C. The maximum atomic E-state index is 13.1. The Morgan fingerprint density at radius 2 is 0.484 bits per heavy atom. The molecule has 0 aliphatic heterocycles. The largest absolute Gasteiger partial charge is 0.472 e. The predicted octanol–water partition coefficient (Wildman–Crippen LogP) is 22.5. The lowest BCUT2D eigenvalue weighted by Gasteiger charge is -2.21. The molecule has 5 atom stereocenters. The molecule has 0 aromatic heterocycles. The Labute approximate surface area is 581 Å². The second kappa shape index (κ2) is 69.2. The van der Waals surface area contributed by atoms with Crippen LogP contribution in [0.25, 0.3) is 0 Å². The van der Waals surface area contributed by atoms with Crippen molar-refractivity contribution in [3.63, 3.8) is 0 Å². The first kappa shape index (κ1) is 93.1. The van der Waals surface area contributed by atoms with Crippen molar-refractivity contribution in [3.05, 3.63) is 0 Å². The average molecular weight is 1400 g/mol. The van der Waals surface area contributed by atoms with Gasteiger partial charge in [0.05, 0.1) is 26.4 Å². The second-order valence-electron chi connectivity index (χ2n) is 27.9. The number of rotatable bonds is 76. The van der Waals surface area contributed by atoms with Crippen LogP contribution in [0.2, 0.25) is 0 Å². The quantitative estimate of drug-likeness (QED) is 0.0222. The van der Waals surface area contributed by atoms with Gasteiger partial charge in [-0.15, -0.1) is 0 Å². The Morgan fingerprint density at radius 3 is 0.716 bits per heavy atom. The number of aliphatic hydroxyl groups excluding tert-OH is 1. The highest BCUT2D eigenvalue weighted by atomic mass is 31.2. The number of carbonyl (C=O) groups is 4. The third-order valence-corrected chi connectivity index (χ3v) is 19.7. The zero-order valence-corrected chi connectivity index (χ0v) is 63.6. The van der Waals surface area contributed by atoms with Gasteiger partial charge in [0.25, 0.3) is 0 Å². The zero-order chi connectivity index (χ0) is 69.8. The smallest absolute Gasteiger partial charge is 0.462 e. The number of unbranched alkanes of at least 4 members (excludes halogenated alkanes) is 48. The molecule has 0 amide bonds. The number of esters is 4. The molecule has 0 bridgehead atoms. The third kappa shape index (κ3) is 70.3. The maximum Gasteiger partial charge on any atom is 0.472 e. The molecule has 0 fully saturated rings. The normalized spacial score (nSPS) is 13.9. The number of phosphoric ester groups is 2. The van der Waals surface area contributed by atoms with E-state index in [4.69, 9.17) is 37.0 Å². The number of phosphoric acid groups is 2. The van der Waals surface area contributed by atoms with E-state index in [-0.39, 0.29) is 25.7 Å². The lowest BCUT2D eigenvalue weighted by molar-refractivity contribution is -0.161. The van der Waals surface area contributed by atoms with Crippen LogP contribution in [0, 0.1) is 5.92 Å². The maximum absolute atomic E-state index is 13.1. The number of hydrogen-bond acceptors (Lipinski definition) is 15. The Hall–Kier alpha value is -1.94.